The van der Waals surface area contributed by atoms with Crippen LogP contribution in [0.2, 0.25) is 0 Å². The van der Waals surface area contributed by atoms with Crippen LogP contribution in [0.25, 0.3) is 0 Å². The molecule has 0 radical (unpaired) electrons. The van der Waals surface area contributed by atoms with Gasteiger partial charge >= 0.3 is 6.09 Å². The molecule has 0 bridgehead atoms. The Bertz CT molecular complexity index is 3850. The molecule has 0 aliphatic rings. The third kappa shape index (κ3) is 23.2. The lowest BCUT2D eigenvalue weighted by Crippen LogP contribution is -2.47. The van der Waals surface area contributed by atoms with Crippen molar-refractivity contribution in [2.75, 3.05) is 98.2 Å². The monoisotopic (exact) mass is 1400 g/mol. The Balaban J connectivity index is 1.02. The molecule has 0 saturated heterocycles. The van der Waals surface area contributed by atoms with Gasteiger partial charge in [-0.1, -0.05) is 121 Å². The molecule has 28 heteroatoms. The number of carbonyl (C=O) groups is 6. The summed E-state index contributed by atoms with van der Waals surface area (Å²) in [6.07, 6.45) is 4.49. The quantitative estimate of drug-likeness (QED) is 0.0289. The van der Waals surface area contributed by atoms with Crippen LogP contribution < -0.4 is 73.1 Å². The molecule has 0 aliphatic heterocycles. The number of hydrogen-bond donors (Lipinski definition) is 7. The van der Waals surface area contributed by atoms with Gasteiger partial charge in [-0.15, -0.1) is 0 Å². The van der Waals surface area contributed by atoms with E-state index in [0.717, 1.165) is 22.3 Å². The molecule has 7 N–H and O–H groups in total. The molecular weight excluding hydrogens is 1310 g/mol. The lowest BCUT2D eigenvalue weighted by molar-refractivity contribution is -0.121. The summed E-state index contributed by atoms with van der Waals surface area (Å²) in [5.41, 5.74) is 1.17. The first-order valence-corrected chi connectivity index (χ1v) is 33.3. The second-order valence-electron chi connectivity index (χ2n) is 23.9. The van der Waals surface area contributed by atoms with Crippen LogP contribution >= 0.6 is 0 Å². The van der Waals surface area contributed by atoms with E-state index in [4.69, 9.17) is 24.1 Å². The summed E-state index contributed by atoms with van der Waals surface area (Å²) in [4.78, 5) is 141. The van der Waals surface area contributed by atoms with Gasteiger partial charge in [-0.2, -0.15) is 0 Å². The first-order valence-electron chi connectivity index (χ1n) is 33.3. The molecule has 4 aromatic heterocycles. The van der Waals surface area contributed by atoms with Gasteiger partial charge in [0.25, 0.3) is 45.9 Å². The fourth-order valence-corrected chi connectivity index (χ4v) is 10.6. The maximum absolute atomic E-state index is 14.1. The number of carboxylic acid groups (broad SMARTS) is 1. The van der Waals surface area contributed by atoms with Crippen LogP contribution in [0.1, 0.15) is 70.1 Å². The number of aromatic nitrogens is 4. The van der Waals surface area contributed by atoms with Gasteiger partial charge in [0, 0.05) is 158 Å². The van der Waals surface area contributed by atoms with Crippen LogP contribution in [-0.2, 0) is 59.4 Å². The fourth-order valence-electron chi connectivity index (χ4n) is 10.6. The summed E-state index contributed by atoms with van der Waals surface area (Å²) in [5.74, 6) is -3.23. The minimum absolute atomic E-state index is 0.0229. The van der Waals surface area contributed by atoms with Crippen LogP contribution in [-0.4, -0.2) is 172 Å². The van der Waals surface area contributed by atoms with Crippen molar-refractivity contribution in [3.05, 3.63) is 256 Å². The Morgan fingerprint density at radius 2 is 0.559 bits per heavy atom. The third-order valence-corrected chi connectivity index (χ3v) is 16.5. The maximum Gasteiger partial charge on any atom is 0.404 e. The normalized spacial score (nSPS) is 11.0. The molecule has 8 aromatic rings. The number of pyridine rings is 4. The number of amides is 6. The molecule has 0 atom stereocenters. The van der Waals surface area contributed by atoms with Gasteiger partial charge < -0.3 is 74.2 Å². The van der Waals surface area contributed by atoms with E-state index < -0.39 is 57.9 Å². The van der Waals surface area contributed by atoms with Gasteiger partial charge in [0.2, 0.25) is 5.91 Å². The number of aryl methyl sites for hydroxylation is 4. The highest BCUT2D eigenvalue weighted by molar-refractivity contribution is 5.98. The predicted octanol–water partition coefficient (Wildman–Crippen LogP) is 3.50. The van der Waals surface area contributed by atoms with E-state index in [-0.39, 0.29) is 150 Å². The maximum atomic E-state index is 14.1. The van der Waals surface area contributed by atoms with E-state index in [1.165, 1.54) is 67.3 Å². The van der Waals surface area contributed by atoms with Gasteiger partial charge in [0.1, 0.15) is 26.4 Å². The average Bonchev–Trinajstić information content (AvgIpc) is 0.839. The number of nitrogens with one attached hydrogen (secondary N) is 6. The second kappa shape index (κ2) is 39.2. The molecule has 4 aromatic carbocycles. The standard InChI is InChI=1S/C74H87N13O15/c1-81-36-26-57(62(70(81)93)99-49-53-17-9-5-10-18-53)66(89)76-32-41-85(42-33-77-67(90)58-27-37-82(2)71(94)63(58)100-50-54-19-11-6-12-20-54)45-47-87(40-31-75-61(88)25-30-80-74(97)98)48-46-86(43-34-78-68(91)59-28-38-83(3)72(95)64(59)101-51-55-21-13-7-14-22-55)44-35-79-69(92)60-29-39-84(4)73(96)65(60)102-52-56-23-15-8-16-24-56/h5-24,26-29,36-39,80H,25,30-35,40-52H2,1-4H3,(H,75,88)(H,76,89)(H,77,90)(H,78,91)(H,79,92)(H,97,98). The van der Waals surface area contributed by atoms with Crippen molar-refractivity contribution >= 4 is 35.6 Å². The summed E-state index contributed by atoms with van der Waals surface area (Å²) in [6, 6.07) is 42.7. The average molecular weight is 1400 g/mol. The SMILES string of the molecule is Cn1ccc(C(=O)NCCN(CCNC(=O)c2ccn(C)c(=O)c2OCc2ccccc2)CCN(CCNC(=O)CCNC(=O)O)CCN(CCNC(=O)c2ccn(C)c(=O)c2OCc2ccccc2)CCNC(=O)c2ccn(C)c(=O)c2OCc2ccccc2)c(OCc2ccccc2)c1=O. The Morgan fingerprint density at radius 1 is 0.324 bits per heavy atom. The van der Waals surface area contributed by atoms with E-state index >= 15 is 0 Å². The van der Waals surface area contributed by atoms with Crippen molar-refractivity contribution < 1.29 is 52.8 Å². The smallest absolute Gasteiger partial charge is 0.404 e. The first kappa shape index (κ1) is 76.1. The van der Waals surface area contributed by atoms with Crippen LogP contribution in [0.15, 0.2) is 190 Å². The predicted molar refractivity (Wildman–Crippen MR) is 382 cm³/mol. The Morgan fingerprint density at radius 3 is 0.804 bits per heavy atom. The van der Waals surface area contributed by atoms with Crippen LogP contribution in [0.4, 0.5) is 4.79 Å². The van der Waals surface area contributed by atoms with Crippen LogP contribution in [0.3, 0.4) is 0 Å². The molecule has 6 amide bonds. The van der Waals surface area contributed by atoms with Crippen molar-refractivity contribution in [3.63, 3.8) is 0 Å². The third-order valence-electron chi connectivity index (χ3n) is 16.5. The Labute approximate surface area is 589 Å². The molecular formula is C74H87N13O15. The van der Waals surface area contributed by atoms with Crippen LogP contribution in [0.5, 0.6) is 23.0 Å². The second-order valence-corrected chi connectivity index (χ2v) is 23.9. The molecule has 102 heavy (non-hydrogen) atoms. The Kier molecular flexibility index (Phi) is 29.3. The zero-order valence-electron chi connectivity index (χ0n) is 57.6. The minimum atomic E-state index is -1.28. The lowest BCUT2D eigenvalue weighted by atomic mass is 10.2. The van der Waals surface area contributed by atoms with E-state index in [0.29, 0.717) is 26.2 Å². The van der Waals surface area contributed by atoms with Gasteiger partial charge in [-0.3, -0.25) is 57.9 Å². The topological polar surface area (TPSA) is 329 Å². The number of ether oxygens (including phenoxy) is 4. The zero-order chi connectivity index (χ0) is 72.8. The highest BCUT2D eigenvalue weighted by atomic mass is 16.5. The van der Waals surface area contributed by atoms with Gasteiger partial charge in [-0.05, 0) is 46.5 Å². The van der Waals surface area contributed by atoms with Crippen molar-refractivity contribution in [3.8, 4) is 23.0 Å². The molecule has 0 aliphatic carbocycles. The molecule has 28 nitrogen and oxygen atoms in total. The summed E-state index contributed by atoms with van der Waals surface area (Å²) in [6.45, 7) is 2.58. The van der Waals surface area contributed by atoms with Gasteiger partial charge in [0.15, 0.2) is 23.0 Å². The number of benzene rings is 4. The number of rotatable bonds is 40. The molecule has 538 valence electrons. The van der Waals surface area contributed by atoms with Crippen molar-refractivity contribution in [2.45, 2.75) is 32.8 Å². The Hall–Kier alpha value is -11.6. The van der Waals surface area contributed by atoms with Crippen molar-refractivity contribution in [1.82, 2.24) is 64.9 Å². The molecule has 8 rings (SSSR count). The van der Waals surface area contributed by atoms with E-state index in [1.807, 2.05) is 131 Å². The van der Waals surface area contributed by atoms with Gasteiger partial charge in [0.05, 0.1) is 22.3 Å². The summed E-state index contributed by atoms with van der Waals surface area (Å²) in [7, 11) is 6.21. The van der Waals surface area contributed by atoms with E-state index in [2.05, 4.69) is 36.8 Å². The van der Waals surface area contributed by atoms with Gasteiger partial charge in [-0.25, -0.2) is 4.79 Å². The fraction of sp³-hybridized carbons (Fsp3) is 0.324. The molecule has 0 unspecified atom stereocenters. The molecule has 4 heterocycles. The van der Waals surface area contributed by atoms with Crippen LogP contribution in [0, 0.1) is 0 Å². The first-order chi connectivity index (χ1) is 49.3. The van der Waals surface area contributed by atoms with Crippen molar-refractivity contribution in [2.24, 2.45) is 28.2 Å². The van der Waals surface area contributed by atoms with E-state index in [9.17, 15) is 47.9 Å². The summed E-state index contributed by atoms with van der Waals surface area (Å²) >= 11 is 0. The molecule has 0 spiro atoms. The largest absolute Gasteiger partial charge is 0.482 e. The molecule has 0 fully saturated rings. The minimum Gasteiger partial charge on any atom is -0.482 e. The number of nitrogens with zero attached hydrogens (tertiary/aromatic N) is 7. The highest BCUT2D eigenvalue weighted by Crippen LogP contribution is 2.20. The van der Waals surface area contributed by atoms with Crippen molar-refractivity contribution in [1.29, 1.82) is 0 Å². The lowest BCUT2D eigenvalue weighted by Gasteiger charge is -2.30. The highest BCUT2D eigenvalue weighted by Gasteiger charge is 2.24. The van der Waals surface area contributed by atoms with E-state index in [1.54, 1.807) is 28.2 Å². The number of carbonyl (C=O) groups excluding carboxylic acids is 5. The number of hydrogen-bond acceptors (Lipinski definition) is 17. The molecule has 0 saturated carbocycles. The summed E-state index contributed by atoms with van der Waals surface area (Å²) < 4.78 is 29.2. The summed E-state index contributed by atoms with van der Waals surface area (Å²) in [5, 5.41) is 26.0. The zero-order valence-corrected chi connectivity index (χ0v) is 57.6.